The first kappa shape index (κ1) is 21.7. The molecule has 0 bridgehead atoms. The largest absolute Gasteiger partial charge is 0.366 e. The molecule has 148 valence electrons. The van der Waals surface area contributed by atoms with E-state index in [1.165, 1.54) is 35.1 Å². The van der Waals surface area contributed by atoms with E-state index < -0.39 is 0 Å². The van der Waals surface area contributed by atoms with Crippen molar-refractivity contribution in [3.05, 3.63) is 70.8 Å². The second-order valence-electron chi connectivity index (χ2n) is 8.77. The minimum Gasteiger partial charge on any atom is -0.366 e. The minimum absolute atomic E-state index is 0.0970. The summed E-state index contributed by atoms with van der Waals surface area (Å²) in [6.45, 7) is 13.4. The first-order chi connectivity index (χ1) is 12.8. The fourth-order valence-electron chi connectivity index (χ4n) is 3.28. The van der Waals surface area contributed by atoms with Crippen molar-refractivity contribution >= 4 is 0 Å². The van der Waals surface area contributed by atoms with Crippen LogP contribution in [0, 0.1) is 11.8 Å². The Bertz CT molecular complexity index is 592. The quantitative estimate of drug-likeness (QED) is 0.418. The van der Waals surface area contributed by atoms with Crippen molar-refractivity contribution < 1.29 is 4.74 Å². The highest BCUT2D eigenvalue weighted by Gasteiger charge is 2.13. The SMILES string of the molecule is CC(C)CCc1ccc(C(C)OC(C)c2ccc(CCC(C)C)cc2)cc1. The number of hydrogen-bond acceptors (Lipinski definition) is 1. The molecule has 2 unspecified atom stereocenters. The van der Waals surface area contributed by atoms with Crippen LogP contribution in [-0.2, 0) is 17.6 Å². The molecular formula is C26H38O. The van der Waals surface area contributed by atoms with Crippen LogP contribution in [0.3, 0.4) is 0 Å². The van der Waals surface area contributed by atoms with Gasteiger partial charge >= 0.3 is 0 Å². The molecule has 0 aliphatic carbocycles. The van der Waals surface area contributed by atoms with Crippen LogP contribution in [0.15, 0.2) is 48.5 Å². The van der Waals surface area contributed by atoms with E-state index in [0.29, 0.717) is 0 Å². The Hall–Kier alpha value is -1.60. The van der Waals surface area contributed by atoms with Crippen molar-refractivity contribution in [1.82, 2.24) is 0 Å². The standard InChI is InChI=1S/C26H38O/c1-19(2)7-9-23-11-15-25(16-12-23)21(5)27-22(6)26-17-13-24(14-18-26)10-8-20(3)4/h11-22H,7-10H2,1-6H3. The van der Waals surface area contributed by atoms with Crippen LogP contribution in [0.1, 0.15) is 88.8 Å². The Labute approximate surface area is 167 Å². The fraction of sp³-hybridized carbons (Fsp3) is 0.538. The first-order valence-corrected chi connectivity index (χ1v) is 10.7. The van der Waals surface area contributed by atoms with E-state index in [4.69, 9.17) is 4.74 Å². The molecule has 0 saturated carbocycles. The maximum atomic E-state index is 6.30. The monoisotopic (exact) mass is 366 g/mol. The maximum absolute atomic E-state index is 6.30. The molecule has 1 heteroatoms. The third-order valence-corrected chi connectivity index (χ3v) is 5.33. The van der Waals surface area contributed by atoms with Gasteiger partial charge in [-0.05, 0) is 73.6 Å². The highest BCUT2D eigenvalue weighted by Crippen LogP contribution is 2.27. The third-order valence-electron chi connectivity index (χ3n) is 5.33. The molecule has 1 nitrogen and oxygen atoms in total. The van der Waals surface area contributed by atoms with Gasteiger partial charge in [0.05, 0.1) is 12.2 Å². The third kappa shape index (κ3) is 7.50. The molecule has 0 aliphatic rings. The van der Waals surface area contributed by atoms with E-state index in [9.17, 15) is 0 Å². The van der Waals surface area contributed by atoms with E-state index in [0.717, 1.165) is 24.7 Å². The molecule has 2 aromatic rings. The molecule has 2 aromatic carbocycles. The van der Waals surface area contributed by atoms with Gasteiger partial charge in [0.15, 0.2) is 0 Å². The van der Waals surface area contributed by atoms with Crippen molar-refractivity contribution in [1.29, 1.82) is 0 Å². The average Bonchev–Trinajstić information content (AvgIpc) is 2.65. The fourth-order valence-corrected chi connectivity index (χ4v) is 3.28. The van der Waals surface area contributed by atoms with Gasteiger partial charge in [-0.2, -0.15) is 0 Å². The summed E-state index contributed by atoms with van der Waals surface area (Å²) >= 11 is 0. The summed E-state index contributed by atoms with van der Waals surface area (Å²) in [5.41, 5.74) is 5.35. The van der Waals surface area contributed by atoms with Crippen molar-refractivity contribution in [2.75, 3.05) is 0 Å². The predicted molar refractivity (Wildman–Crippen MR) is 117 cm³/mol. The number of benzene rings is 2. The van der Waals surface area contributed by atoms with E-state index >= 15 is 0 Å². The molecule has 0 saturated heterocycles. The minimum atomic E-state index is 0.0970. The molecule has 0 spiro atoms. The Morgan fingerprint density at radius 1 is 0.556 bits per heavy atom. The summed E-state index contributed by atoms with van der Waals surface area (Å²) in [5, 5.41) is 0. The lowest BCUT2D eigenvalue weighted by Gasteiger charge is -2.20. The highest BCUT2D eigenvalue weighted by molar-refractivity contribution is 5.26. The molecule has 0 heterocycles. The van der Waals surface area contributed by atoms with E-state index in [2.05, 4.69) is 90.1 Å². The lowest BCUT2D eigenvalue weighted by atomic mass is 10.00. The Kier molecular flexibility index (Phi) is 8.57. The van der Waals surface area contributed by atoms with Gasteiger partial charge in [-0.15, -0.1) is 0 Å². The van der Waals surface area contributed by atoms with Crippen molar-refractivity contribution in [3.8, 4) is 0 Å². The smallest absolute Gasteiger partial charge is 0.0805 e. The number of hydrogen-bond donors (Lipinski definition) is 0. The highest BCUT2D eigenvalue weighted by atomic mass is 16.5. The number of ether oxygens (including phenoxy) is 1. The summed E-state index contributed by atoms with van der Waals surface area (Å²) in [7, 11) is 0. The zero-order valence-corrected chi connectivity index (χ0v) is 18.2. The molecule has 2 atom stereocenters. The van der Waals surface area contributed by atoms with Gasteiger partial charge in [-0.3, -0.25) is 0 Å². The van der Waals surface area contributed by atoms with Crippen LogP contribution in [0.25, 0.3) is 0 Å². The van der Waals surface area contributed by atoms with Crippen LogP contribution in [0.4, 0.5) is 0 Å². The summed E-state index contributed by atoms with van der Waals surface area (Å²) in [6.07, 6.45) is 5.00. The van der Waals surface area contributed by atoms with E-state index in [-0.39, 0.29) is 12.2 Å². The zero-order valence-electron chi connectivity index (χ0n) is 18.2. The summed E-state index contributed by atoms with van der Waals surface area (Å²) in [5.74, 6) is 1.51. The van der Waals surface area contributed by atoms with Crippen molar-refractivity contribution in [3.63, 3.8) is 0 Å². The molecule has 0 aliphatic heterocycles. The molecule has 0 N–H and O–H groups in total. The topological polar surface area (TPSA) is 9.23 Å². The van der Waals surface area contributed by atoms with Gasteiger partial charge in [0.25, 0.3) is 0 Å². The Morgan fingerprint density at radius 2 is 0.889 bits per heavy atom. The van der Waals surface area contributed by atoms with Crippen LogP contribution in [0.5, 0.6) is 0 Å². The van der Waals surface area contributed by atoms with Crippen molar-refractivity contribution in [2.24, 2.45) is 11.8 Å². The zero-order chi connectivity index (χ0) is 19.8. The predicted octanol–water partition coefficient (Wildman–Crippen LogP) is 7.70. The van der Waals surface area contributed by atoms with Crippen LogP contribution in [0.2, 0.25) is 0 Å². The van der Waals surface area contributed by atoms with Gasteiger partial charge in [0, 0.05) is 0 Å². The van der Waals surface area contributed by atoms with E-state index in [1.807, 2.05) is 0 Å². The summed E-state index contributed by atoms with van der Waals surface area (Å²) in [6, 6.07) is 17.9. The van der Waals surface area contributed by atoms with Gasteiger partial charge in [-0.1, -0.05) is 76.2 Å². The van der Waals surface area contributed by atoms with Crippen LogP contribution >= 0.6 is 0 Å². The summed E-state index contributed by atoms with van der Waals surface area (Å²) in [4.78, 5) is 0. The molecule has 0 aromatic heterocycles. The van der Waals surface area contributed by atoms with Crippen molar-refractivity contribution in [2.45, 2.75) is 79.4 Å². The lowest BCUT2D eigenvalue weighted by Crippen LogP contribution is -2.05. The van der Waals surface area contributed by atoms with Gasteiger partial charge in [0.1, 0.15) is 0 Å². The molecule has 0 fully saturated rings. The Morgan fingerprint density at radius 3 is 1.19 bits per heavy atom. The molecule has 0 amide bonds. The van der Waals surface area contributed by atoms with Crippen LogP contribution in [-0.4, -0.2) is 0 Å². The second-order valence-corrected chi connectivity index (χ2v) is 8.77. The lowest BCUT2D eigenvalue weighted by molar-refractivity contribution is 0.00585. The second kappa shape index (κ2) is 10.7. The van der Waals surface area contributed by atoms with E-state index in [1.54, 1.807) is 0 Å². The number of aryl methyl sites for hydroxylation is 2. The van der Waals surface area contributed by atoms with Gasteiger partial charge in [0.2, 0.25) is 0 Å². The van der Waals surface area contributed by atoms with Gasteiger partial charge < -0.3 is 4.74 Å². The molecule has 2 rings (SSSR count). The summed E-state index contributed by atoms with van der Waals surface area (Å²) < 4.78 is 6.30. The average molecular weight is 367 g/mol. The number of rotatable bonds is 10. The first-order valence-electron chi connectivity index (χ1n) is 10.7. The van der Waals surface area contributed by atoms with Crippen LogP contribution < -0.4 is 0 Å². The Balaban J connectivity index is 1.89. The van der Waals surface area contributed by atoms with Gasteiger partial charge in [-0.25, -0.2) is 0 Å². The maximum Gasteiger partial charge on any atom is 0.0805 e. The normalized spacial score (nSPS) is 13.9. The molecule has 27 heavy (non-hydrogen) atoms. The molecule has 0 radical (unpaired) electrons. The molecular weight excluding hydrogens is 328 g/mol.